The van der Waals surface area contributed by atoms with E-state index >= 15 is 0 Å². The molecule has 2 N–H and O–H groups in total. The van der Waals surface area contributed by atoms with Gasteiger partial charge in [-0.1, -0.05) is 28.8 Å². The van der Waals surface area contributed by atoms with Gasteiger partial charge in [0.15, 0.2) is 0 Å². The van der Waals surface area contributed by atoms with Crippen LogP contribution in [0, 0.1) is 13.8 Å². The molecular formula is C19H20ClN3O2. The zero-order valence-electron chi connectivity index (χ0n) is 14.2. The molecule has 2 aromatic rings. The van der Waals surface area contributed by atoms with Crippen molar-refractivity contribution in [3.8, 4) is 0 Å². The normalized spacial score (nSPS) is 14.2. The number of aryl methyl sites for hydroxylation is 2. The van der Waals surface area contributed by atoms with Gasteiger partial charge < -0.3 is 15.5 Å². The molecule has 1 fully saturated rings. The van der Waals surface area contributed by atoms with Crippen LogP contribution in [-0.2, 0) is 4.79 Å². The van der Waals surface area contributed by atoms with E-state index in [1.807, 2.05) is 43.0 Å². The summed E-state index contributed by atoms with van der Waals surface area (Å²) in [5.41, 5.74) is 4.12. The lowest BCUT2D eigenvalue weighted by Gasteiger charge is -2.29. The summed E-state index contributed by atoms with van der Waals surface area (Å²) in [5, 5.41) is 6.16. The second-order valence-corrected chi connectivity index (χ2v) is 6.68. The Morgan fingerprint density at radius 3 is 2.52 bits per heavy atom. The number of carbonyl (C=O) groups excluding carboxylic acids is 2. The van der Waals surface area contributed by atoms with Crippen molar-refractivity contribution < 1.29 is 9.59 Å². The summed E-state index contributed by atoms with van der Waals surface area (Å²) in [5.74, 6) is -0.192. The molecule has 1 heterocycles. The van der Waals surface area contributed by atoms with E-state index in [0.717, 1.165) is 16.8 Å². The number of piperazine rings is 1. The fourth-order valence-electron chi connectivity index (χ4n) is 2.99. The van der Waals surface area contributed by atoms with Gasteiger partial charge >= 0.3 is 0 Å². The molecule has 0 radical (unpaired) electrons. The van der Waals surface area contributed by atoms with E-state index in [-0.39, 0.29) is 18.4 Å². The van der Waals surface area contributed by atoms with Gasteiger partial charge in [-0.2, -0.15) is 0 Å². The van der Waals surface area contributed by atoms with Crippen LogP contribution in [-0.4, -0.2) is 31.4 Å². The molecule has 0 atom stereocenters. The second-order valence-electron chi connectivity index (χ2n) is 6.27. The second kappa shape index (κ2) is 7.15. The zero-order chi connectivity index (χ0) is 18.0. The van der Waals surface area contributed by atoms with Crippen molar-refractivity contribution in [1.29, 1.82) is 0 Å². The molecule has 6 heteroatoms. The lowest BCUT2D eigenvalue weighted by atomic mass is 10.1. The number of hydrogen-bond donors (Lipinski definition) is 2. The molecule has 25 heavy (non-hydrogen) atoms. The number of nitrogens with one attached hydrogen (secondary N) is 2. The third kappa shape index (κ3) is 4.12. The summed E-state index contributed by atoms with van der Waals surface area (Å²) in [4.78, 5) is 25.9. The van der Waals surface area contributed by atoms with Crippen LogP contribution in [0.3, 0.4) is 0 Å². The standard InChI is InChI=1S/C19H20ClN3O2/c1-12-7-13(2)9-14(8-12)19(25)22-15-3-4-17(16(20)10-15)23-6-5-21-18(24)11-23/h3-4,7-10H,5-6,11H2,1-2H3,(H,21,24)(H,22,25). The largest absolute Gasteiger partial charge is 0.359 e. The molecule has 3 rings (SSSR count). The highest BCUT2D eigenvalue weighted by Crippen LogP contribution is 2.29. The molecule has 0 aromatic heterocycles. The number of carbonyl (C=O) groups is 2. The van der Waals surface area contributed by atoms with Crippen LogP contribution in [0.25, 0.3) is 0 Å². The van der Waals surface area contributed by atoms with Crippen LogP contribution in [0.1, 0.15) is 21.5 Å². The Hall–Kier alpha value is -2.53. The van der Waals surface area contributed by atoms with Crippen molar-refractivity contribution in [3.05, 3.63) is 58.1 Å². The lowest BCUT2D eigenvalue weighted by molar-refractivity contribution is -0.120. The maximum atomic E-state index is 12.4. The molecule has 0 aliphatic carbocycles. The first-order chi connectivity index (χ1) is 11.9. The van der Waals surface area contributed by atoms with Crippen LogP contribution in [0.2, 0.25) is 5.02 Å². The molecule has 130 valence electrons. The number of nitrogens with zero attached hydrogens (tertiary/aromatic N) is 1. The Bertz CT molecular complexity index is 815. The SMILES string of the molecule is Cc1cc(C)cc(C(=O)Nc2ccc(N3CCNC(=O)C3)c(Cl)c2)c1. The lowest BCUT2D eigenvalue weighted by Crippen LogP contribution is -2.47. The van der Waals surface area contributed by atoms with Crippen LogP contribution in [0.15, 0.2) is 36.4 Å². The molecule has 0 spiro atoms. The molecule has 0 bridgehead atoms. The van der Waals surface area contributed by atoms with Crippen molar-refractivity contribution in [2.45, 2.75) is 13.8 Å². The topological polar surface area (TPSA) is 61.4 Å². The molecular weight excluding hydrogens is 338 g/mol. The van der Waals surface area contributed by atoms with Crippen molar-refractivity contribution in [1.82, 2.24) is 5.32 Å². The summed E-state index contributed by atoms with van der Waals surface area (Å²) in [6, 6.07) is 11.1. The monoisotopic (exact) mass is 357 g/mol. The van der Waals surface area contributed by atoms with E-state index in [9.17, 15) is 9.59 Å². The van der Waals surface area contributed by atoms with E-state index in [1.54, 1.807) is 12.1 Å². The predicted molar refractivity (Wildman–Crippen MR) is 101 cm³/mol. The van der Waals surface area contributed by atoms with Gasteiger partial charge in [0, 0.05) is 24.3 Å². The minimum absolute atomic E-state index is 0.0190. The smallest absolute Gasteiger partial charge is 0.255 e. The number of rotatable bonds is 3. The van der Waals surface area contributed by atoms with Gasteiger partial charge in [0.25, 0.3) is 5.91 Å². The van der Waals surface area contributed by atoms with Crippen LogP contribution in [0.5, 0.6) is 0 Å². The maximum absolute atomic E-state index is 12.4. The van der Waals surface area contributed by atoms with Gasteiger partial charge in [0.05, 0.1) is 17.3 Å². The van der Waals surface area contributed by atoms with Crippen LogP contribution < -0.4 is 15.5 Å². The highest BCUT2D eigenvalue weighted by molar-refractivity contribution is 6.33. The third-order valence-corrected chi connectivity index (χ3v) is 4.37. The van der Waals surface area contributed by atoms with Crippen molar-refractivity contribution in [3.63, 3.8) is 0 Å². The average Bonchev–Trinajstić information content (AvgIpc) is 2.54. The Morgan fingerprint density at radius 2 is 1.88 bits per heavy atom. The number of benzene rings is 2. The van der Waals surface area contributed by atoms with Crippen molar-refractivity contribution in [2.75, 3.05) is 29.9 Å². The fraction of sp³-hybridized carbons (Fsp3) is 0.263. The molecule has 1 saturated heterocycles. The first-order valence-electron chi connectivity index (χ1n) is 8.13. The van der Waals surface area contributed by atoms with Crippen LogP contribution >= 0.6 is 11.6 Å². The van der Waals surface area contributed by atoms with Gasteiger partial charge in [-0.15, -0.1) is 0 Å². The first-order valence-corrected chi connectivity index (χ1v) is 8.51. The summed E-state index contributed by atoms with van der Waals surface area (Å²) in [6.07, 6.45) is 0. The van der Waals surface area contributed by atoms with Gasteiger partial charge in [-0.3, -0.25) is 9.59 Å². The Kier molecular flexibility index (Phi) is 4.95. The van der Waals surface area contributed by atoms with Crippen molar-refractivity contribution >= 4 is 34.8 Å². The minimum Gasteiger partial charge on any atom is -0.359 e. The number of amides is 2. The average molecular weight is 358 g/mol. The zero-order valence-corrected chi connectivity index (χ0v) is 15.0. The molecule has 0 unspecified atom stereocenters. The quantitative estimate of drug-likeness (QED) is 0.887. The van der Waals surface area contributed by atoms with Crippen LogP contribution in [0.4, 0.5) is 11.4 Å². The van der Waals surface area contributed by atoms with Gasteiger partial charge in [0.2, 0.25) is 5.91 Å². The molecule has 2 amide bonds. The molecule has 2 aromatic carbocycles. The minimum atomic E-state index is -0.173. The van der Waals surface area contributed by atoms with Crippen molar-refractivity contribution in [2.24, 2.45) is 0 Å². The van der Waals surface area contributed by atoms with E-state index in [1.165, 1.54) is 0 Å². The highest BCUT2D eigenvalue weighted by Gasteiger charge is 2.19. The fourth-order valence-corrected chi connectivity index (χ4v) is 3.29. The first kappa shape index (κ1) is 17.3. The molecule has 0 saturated carbocycles. The van der Waals surface area contributed by atoms with E-state index in [4.69, 9.17) is 11.6 Å². The van der Waals surface area contributed by atoms with E-state index < -0.39 is 0 Å². The number of halogens is 1. The Balaban J connectivity index is 1.76. The molecule has 1 aliphatic heterocycles. The summed E-state index contributed by atoms with van der Waals surface area (Å²) in [7, 11) is 0. The Morgan fingerprint density at radius 1 is 1.16 bits per heavy atom. The summed E-state index contributed by atoms with van der Waals surface area (Å²) in [6.45, 7) is 5.52. The summed E-state index contributed by atoms with van der Waals surface area (Å²) < 4.78 is 0. The van der Waals surface area contributed by atoms with Gasteiger partial charge in [0.1, 0.15) is 0 Å². The molecule has 1 aliphatic rings. The number of anilines is 2. The molecule has 5 nitrogen and oxygen atoms in total. The Labute approximate surface area is 152 Å². The highest BCUT2D eigenvalue weighted by atomic mass is 35.5. The predicted octanol–water partition coefficient (Wildman–Crippen LogP) is 3.15. The van der Waals surface area contributed by atoms with E-state index in [2.05, 4.69) is 10.6 Å². The van der Waals surface area contributed by atoms with Gasteiger partial charge in [-0.05, 0) is 44.2 Å². The summed E-state index contributed by atoms with van der Waals surface area (Å²) >= 11 is 6.37. The maximum Gasteiger partial charge on any atom is 0.255 e. The van der Waals surface area contributed by atoms with Gasteiger partial charge in [-0.25, -0.2) is 0 Å². The third-order valence-electron chi connectivity index (χ3n) is 4.07. The number of hydrogen-bond acceptors (Lipinski definition) is 3. The van der Waals surface area contributed by atoms with E-state index in [0.29, 0.717) is 29.4 Å².